The van der Waals surface area contributed by atoms with Gasteiger partial charge in [0, 0.05) is 25.5 Å². The maximum atomic E-state index is 8.90. The summed E-state index contributed by atoms with van der Waals surface area (Å²) in [6.07, 6.45) is 0. The molecular weight excluding hydrogens is 260 g/mol. The van der Waals surface area contributed by atoms with Crippen LogP contribution in [0.5, 0.6) is 0 Å². The molecule has 0 spiro atoms. The second-order valence-corrected chi connectivity index (χ2v) is 4.63. The zero-order valence-electron chi connectivity index (χ0n) is 10.7. The van der Waals surface area contributed by atoms with Crippen molar-refractivity contribution in [2.75, 3.05) is 24.3 Å². The number of nitriles is 1. The van der Waals surface area contributed by atoms with Crippen LogP contribution in [0.2, 0.25) is 5.15 Å². The summed E-state index contributed by atoms with van der Waals surface area (Å²) in [5, 5.41) is 12.3. The Bertz CT molecular complexity index is 632. The molecule has 0 amide bonds. The minimum atomic E-state index is 0.297. The Kier molecular flexibility index (Phi) is 3.88. The fourth-order valence-electron chi connectivity index (χ4n) is 1.64. The van der Waals surface area contributed by atoms with E-state index in [1.165, 1.54) is 6.07 Å². The number of benzene rings is 1. The summed E-state index contributed by atoms with van der Waals surface area (Å²) < 4.78 is 0. The fraction of sp³-hybridized carbons (Fsp3) is 0.143. The Morgan fingerprint density at radius 1 is 1.26 bits per heavy atom. The zero-order chi connectivity index (χ0) is 13.8. The van der Waals surface area contributed by atoms with Crippen LogP contribution < -0.4 is 10.2 Å². The molecule has 1 heterocycles. The fourth-order valence-corrected chi connectivity index (χ4v) is 1.84. The molecule has 5 heteroatoms. The Balaban J connectivity index is 2.28. The third-order valence-corrected chi connectivity index (χ3v) is 2.75. The largest absolute Gasteiger partial charge is 0.378 e. The highest BCUT2D eigenvalue weighted by Crippen LogP contribution is 2.22. The van der Waals surface area contributed by atoms with Crippen LogP contribution in [0, 0.1) is 11.3 Å². The lowest BCUT2D eigenvalue weighted by Gasteiger charge is -2.14. The number of pyridine rings is 1. The van der Waals surface area contributed by atoms with Crippen LogP contribution in [0.3, 0.4) is 0 Å². The molecule has 0 radical (unpaired) electrons. The molecular formula is C14H13ClN4. The monoisotopic (exact) mass is 272 g/mol. The van der Waals surface area contributed by atoms with E-state index in [0.717, 1.165) is 11.4 Å². The Labute approximate surface area is 117 Å². The molecule has 1 aromatic heterocycles. The number of halogens is 1. The van der Waals surface area contributed by atoms with Crippen LogP contribution in [-0.2, 0) is 0 Å². The topological polar surface area (TPSA) is 52.0 Å². The Morgan fingerprint density at radius 2 is 2.05 bits per heavy atom. The summed E-state index contributed by atoms with van der Waals surface area (Å²) >= 11 is 5.87. The van der Waals surface area contributed by atoms with E-state index in [9.17, 15) is 0 Å². The average molecular weight is 273 g/mol. The van der Waals surface area contributed by atoms with Gasteiger partial charge in [-0.25, -0.2) is 4.98 Å². The van der Waals surface area contributed by atoms with Crippen molar-refractivity contribution in [1.29, 1.82) is 5.26 Å². The van der Waals surface area contributed by atoms with E-state index in [2.05, 4.69) is 16.4 Å². The maximum Gasteiger partial charge on any atom is 0.133 e. The van der Waals surface area contributed by atoms with E-state index in [-0.39, 0.29) is 0 Å². The highest BCUT2D eigenvalue weighted by Gasteiger charge is 2.03. The van der Waals surface area contributed by atoms with Crippen LogP contribution in [-0.4, -0.2) is 19.1 Å². The molecule has 2 aromatic rings. The van der Waals surface area contributed by atoms with Gasteiger partial charge in [0.1, 0.15) is 11.0 Å². The second-order valence-electron chi connectivity index (χ2n) is 4.25. The van der Waals surface area contributed by atoms with Crippen LogP contribution in [0.25, 0.3) is 0 Å². The molecule has 1 aromatic carbocycles. The molecule has 0 unspecified atom stereocenters. The van der Waals surface area contributed by atoms with Gasteiger partial charge in [0.15, 0.2) is 0 Å². The van der Waals surface area contributed by atoms with E-state index in [4.69, 9.17) is 16.9 Å². The van der Waals surface area contributed by atoms with E-state index < -0.39 is 0 Å². The second kappa shape index (κ2) is 5.59. The van der Waals surface area contributed by atoms with Crippen molar-refractivity contribution in [3.05, 3.63) is 47.1 Å². The third-order valence-electron chi connectivity index (χ3n) is 2.56. The summed E-state index contributed by atoms with van der Waals surface area (Å²) in [6.45, 7) is 0. The minimum Gasteiger partial charge on any atom is -0.378 e. The molecule has 96 valence electrons. The first kappa shape index (κ1) is 13.2. The number of nitrogens with one attached hydrogen (secondary N) is 1. The maximum absolute atomic E-state index is 8.90. The van der Waals surface area contributed by atoms with Gasteiger partial charge in [-0.2, -0.15) is 5.26 Å². The van der Waals surface area contributed by atoms with Gasteiger partial charge in [-0.3, -0.25) is 0 Å². The normalized spacial score (nSPS) is 9.79. The van der Waals surface area contributed by atoms with Gasteiger partial charge in [-0.1, -0.05) is 17.7 Å². The average Bonchev–Trinajstić information content (AvgIpc) is 2.38. The number of hydrogen-bond acceptors (Lipinski definition) is 4. The quantitative estimate of drug-likeness (QED) is 0.870. The lowest BCUT2D eigenvalue weighted by atomic mass is 10.2. The highest BCUT2D eigenvalue weighted by atomic mass is 35.5. The molecule has 0 saturated carbocycles. The molecule has 19 heavy (non-hydrogen) atoms. The van der Waals surface area contributed by atoms with Gasteiger partial charge in [0.05, 0.1) is 11.6 Å². The summed E-state index contributed by atoms with van der Waals surface area (Å²) in [5.74, 6) is 0.556. The Morgan fingerprint density at radius 3 is 2.74 bits per heavy atom. The molecule has 0 saturated heterocycles. The molecule has 2 rings (SSSR count). The van der Waals surface area contributed by atoms with E-state index >= 15 is 0 Å². The van der Waals surface area contributed by atoms with Gasteiger partial charge in [0.2, 0.25) is 0 Å². The van der Waals surface area contributed by atoms with Crippen molar-refractivity contribution in [2.24, 2.45) is 0 Å². The molecule has 0 bridgehead atoms. The summed E-state index contributed by atoms with van der Waals surface area (Å²) in [4.78, 5) is 6.15. The van der Waals surface area contributed by atoms with E-state index in [1.54, 1.807) is 6.07 Å². The van der Waals surface area contributed by atoms with Crippen LogP contribution in [0.4, 0.5) is 17.2 Å². The number of aromatic nitrogens is 1. The smallest absolute Gasteiger partial charge is 0.133 e. The summed E-state index contributed by atoms with van der Waals surface area (Å²) in [5.41, 5.74) is 2.45. The van der Waals surface area contributed by atoms with E-state index in [0.29, 0.717) is 16.5 Å². The van der Waals surface area contributed by atoms with Gasteiger partial charge >= 0.3 is 0 Å². The lowest BCUT2D eigenvalue weighted by Crippen LogP contribution is -2.08. The first-order valence-corrected chi connectivity index (χ1v) is 6.08. The predicted molar refractivity (Wildman–Crippen MR) is 78.0 cm³/mol. The van der Waals surface area contributed by atoms with Gasteiger partial charge in [0.25, 0.3) is 0 Å². The summed E-state index contributed by atoms with van der Waals surface area (Å²) in [7, 11) is 3.95. The van der Waals surface area contributed by atoms with Crippen molar-refractivity contribution < 1.29 is 0 Å². The van der Waals surface area contributed by atoms with Gasteiger partial charge < -0.3 is 10.2 Å². The van der Waals surface area contributed by atoms with E-state index in [1.807, 2.05) is 43.3 Å². The molecule has 0 aliphatic heterocycles. The minimum absolute atomic E-state index is 0.297. The third kappa shape index (κ3) is 3.36. The SMILES string of the molecule is CN(C)c1cccc(Nc2cc(C#N)cc(Cl)n2)c1. The van der Waals surface area contributed by atoms with Crippen LogP contribution in [0.1, 0.15) is 5.56 Å². The molecule has 0 fully saturated rings. The number of nitrogens with zero attached hydrogens (tertiary/aromatic N) is 3. The number of hydrogen-bond donors (Lipinski definition) is 1. The molecule has 0 aliphatic carbocycles. The number of anilines is 3. The molecule has 0 aliphatic rings. The van der Waals surface area contributed by atoms with Crippen molar-refractivity contribution in [3.63, 3.8) is 0 Å². The zero-order valence-corrected chi connectivity index (χ0v) is 11.4. The first-order chi connectivity index (χ1) is 9.08. The van der Waals surface area contributed by atoms with Crippen LogP contribution in [0.15, 0.2) is 36.4 Å². The standard InChI is InChI=1S/C14H13ClN4/c1-19(2)12-5-3-4-11(8-12)17-14-7-10(9-16)6-13(15)18-14/h3-8H,1-2H3,(H,17,18). The highest BCUT2D eigenvalue weighted by molar-refractivity contribution is 6.29. The van der Waals surface area contributed by atoms with Crippen molar-refractivity contribution in [3.8, 4) is 6.07 Å². The van der Waals surface area contributed by atoms with Crippen LogP contribution >= 0.6 is 11.6 Å². The predicted octanol–water partition coefficient (Wildman–Crippen LogP) is 3.42. The van der Waals surface area contributed by atoms with Crippen molar-refractivity contribution in [2.45, 2.75) is 0 Å². The van der Waals surface area contributed by atoms with Crippen molar-refractivity contribution >= 4 is 28.8 Å². The summed E-state index contributed by atoms with van der Waals surface area (Å²) in [6, 6.07) is 13.1. The lowest BCUT2D eigenvalue weighted by molar-refractivity contribution is 1.13. The molecule has 1 N–H and O–H groups in total. The van der Waals surface area contributed by atoms with Crippen molar-refractivity contribution in [1.82, 2.24) is 4.98 Å². The Hall–Kier alpha value is -2.25. The van der Waals surface area contributed by atoms with Gasteiger partial charge in [-0.15, -0.1) is 0 Å². The first-order valence-electron chi connectivity index (χ1n) is 5.70. The number of rotatable bonds is 3. The molecule has 4 nitrogen and oxygen atoms in total. The van der Waals surface area contributed by atoms with Gasteiger partial charge in [-0.05, 0) is 30.3 Å². The molecule has 0 atom stereocenters.